The van der Waals surface area contributed by atoms with Crippen LogP contribution < -0.4 is 0 Å². The van der Waals surface area contributed by atoms with E-state index in [1.54, 1.807) is 0 Å². The van der Waals surface area contributed by atoms with E-state index < -0.39 is 11.5 Å². The molecule has 1 unspecified atom stereocenters. The van der Waals surface area contributed by atoms with Crippen LogP contribution in [0, 0.1) is 5.41 Å². The van der Waals surface area contributed by atoms with Crippen LogP contribution in [0.3, 0.4) is 0 Å². The smallest absolute Gasteiger partial charge is 0.0927 e. The molecule has 108 valence electrons. The Labute approximate surface area is 122 Å². The fourth-order valence-electron chi connectivity index (χ4n) is 2.01. The largest absolute Gasteiger partial charge is 0.396 e. The lowest BCUT2D eigenvalue weighted by molar-refractivity contribution is 0.0279. The van der Waals surface area contributed by atoms with Crippen molar-refractivity contribution in [2.24, 2.45) is 5.41 Å². The number of aliphatic hydroxyl groups excluding tert-OH is 3. The number of likely N-dealkylation sites (N-methyl/N-ethyl adjacent to an activating group) is 1. The average molecular weight is 332 g/mol. The molecule has 19 heavy (non-hydrogen) atoms. The van der Waals surface area contributed by atoms with E-state index in [4.69, 9.17) is 0 Å². The molecule has 0 fully saturated rings. The van der Waals surface area contributed by atoms with Crippen molar-refractivity contribution in [1.29, 1.82) is 0 Å². The Morgan fingerprint density at radius 2 is 1.84 bits per heavy atom. The zero-order valence-corrected chi connectivity index (χ0v) is 13.0. The summed E-state index contributed by atoms with van der Waals surface area (Å²) in [7, 11) is 1.86. The van der Waals surface area contributed by atoms with E-state index in [1.807, 2.05) is 43.1 Å². The minimum atomic E-state index is -0.609. The van der Waals surface area contributed by atoms with Crippen molar-refractivity contribution in [2.75, 3.05) is 33.4 Å². The quantitative estimate of drug-likeness (QED) is 0.706. The normalized spacial score (nSPS) is 13.8. The molecule has 1 aromatic rings. The van der Waals surface area contributed by atoms with Crippen LogP contribution in [0.2, 0.25) is 0 Å². The second kappa shape index (κ2) is 7.36. The van der Waals surface area contributed by atoms with Crippen molar-refractivity contribution >= 4 is 15.9 Å². The van der Waals surface area contributed by atoms with Gasteiger partial charge in [-0.1, -0.05) is 41.1 Å². The van der Waals surface area contributed by atoms with Crippen molar-refractivity contribution in [3.05, 3.63) is 34.3 Å². The molecule has 0 aliphatic rings. The van der Waals surface area contributed by atoms with Gasteiger partial charge in [0.1, 0.15) is 0 Å². The van der Waals surface area contributed by atoms with Gasteiger partial charge in [0.15, 0.2) is 0 Å². The summed E-state index contributed by atoms with van der Waals surface area (Å²) in [6.45, 7) is 2.60. The molecule has 0 saturated heterocycles. The lowest BCUT2D eigenvalue weighted by atomic mass is 9.92. The van der Waals surface area contributed by atoms with Crippen LogP contribution in [0.1, 0.15) is 18.6 Å². The van der Waals surface area contributed by atoms with Gasteiger partial charge in [-0.05, 0) is 18.7 Å². The summed E-state index contributed by atoms with van der Waals surface area (Å²) in [5, 5.41) is 28.8. The average Bonchev–Trinajstić information content (AvgIpc) is 2.38. The fraction of sp³-hybridized carbons (Fsp3) is 0.571. The van der Waals surface area contributed by atoms with Gasteiger partial charge in [0.05, 0.1) is 19.3 Å². The number of aliphatic hydroxyl groups is 3. The summed E-state index contributed by atoms with van der Waals surface area (Å²) in [5.74, 6) is 0. The van der Waals surface area contributed by atoms with Crippen LogP contribution >= 0.6 is 15.9 Å². The minimum Gasteiger partial charge on any atom is -0.396 e. The fourth-order valence-corrected chi connectivity index (χ4v) is 2.55. The molecule has 5 heteroatoms. The van der Waals surface area contributed by atoms with Gasteiger partial charge in [0.25, 0.3) is 0 Å². The predicted molar refractivity (Wildman–Crippen MR) is 78.9 cm³/mol. The molecule has 0 heterocycles. The van der Waals surface area contributed by atoms with Crippen LogP contribution in [-0.4, -0.2) is 53.6 Å². The SMILES string of the molecule is CN(CC(O)c1ccccc1Br)CC(C)(CO)CO. The number of hydrogen-bond donors (Lipinski definition) is 3. The van der Waals surface area contributed by atoms with E-state index in [0.29, 0.717) is 13.1 Å². The first-order chi connectivity index (χ1) is 8.91. The summed E-state index contributed by atoms with van der Waals surface area (Å²) in [4.78, 5) is 1.91. The Balaban J connectivity index is 2.62. The van der Waals surface area contributed by atoms with E-state index in [2.05, 4.69) is 15.9 Å². The Kier molecular flexibility index (Phi) is 6.42. The molecular formula is C14H22BrNO3. The van der Waals surface area contributed by atoms with Gasteiger partial charge >= 0.3 is 0 Å². The molecule has 0 saturated carbocycles. The molecule has 1 aromatic carbocycles. The van der Waals surface area contributed by atoms with Crippen molar-refractivity contribution < 1.29 is 15.3 Å². The number of hydrogen-bond acceptors (Lipinski definition) is 4. The third-order valence-corrected chi connectivity index (χ3v) is 3.89. The number of rotatable bonds is 7. The highest BCUT2D eigenvalue weighted by Crippen LogP contribution is 2.24. The maximum Gasteiger partial charge on any atom is 0.0927 e. The van der Waals surface area contributed by atoms with Crippen LogP contribution in [0.15, 0.2) is 28.7 Å². The third-order valence-electron chi connectivity index (χ3n) is 3.16. The summed E-state index contributed by atoms with van der Waals surface area (Å²) in [5.41, 5.74) is 0.284. The van der Waals surface area contributed by atoms with E-state index >= 15 is 0 Å². The maximum absolute atomic E-state index is 10.2. The monoisotopic (exact) mass is 331 g/mol. The number of nitrogens with zero attached hydrogens (tertiary/aromatic N) is 1. The lowest BCUT2D eigenvalue weighted by Crippen LogP contribution is -2.40. The van der Waals surface area contributed by atoms with Gasteiger partial charge in [0.2, 0.25) is 0 Å². The zero-order chi connectivity index (χ0) is 14.5. The maximum atomic E-state index is 10.2. The first-order valence-corrected chi connectivity index (χ1v) is 7.04. The Bertz CT molecular complexity index is 396. The van der Waals surface area contributed by atoms with E-state index in [9.17, 15) is 15.3 Å². The van der Waals surface area contributed by atoms with Gasteiger partial charge in [-0.25, -0.2) is 0 Å². The van der Waals surface area contributed by atoms with Crippen molar-refractivity contribution in [3.63, 3.8) is 0 Å². The standard InChI is InChI=1S/C14H22BrNO3/c1-14(9-17,10-18)8-16(2)7-13(19)11-5-3-4-6-12(11)15/h3-6,13,17-19H,7-10H2,1-2H3. The Morgan fingerprint density at radius 3 is 2.37 bits per heavy atom. The Hall–Kier alpha value is -0.460. The van der Waals surface area contributed by atoms with E-state index in [1.165, 1.54) is 0 Å². The molecule has 4 nitrogen and oxygen atoms in total. The molecule has 0 aliphatic heterocycles. The summed E-state index contributed by atoms with van der Waals surface area (Å²) in [6, 6.07) is 7.55. The van der Waals surface area contributed by atoms with E-state index in [0.717, 1.165) is 10.0 Å². The highest BCUT2D eigenvalue weighted by Gasteiger charge is 2.25. The number of benzene rings is 1. The molecule has 3 N–H and O–H groups in total. The van der Waals surface area contributed by atoms with Crippen LogP contribution in [0.5, 0.6) is 0 Å². The molecule has 0 spiro atoms. The predicted octanol–water partition coefficient (Wildman–Crippen LogP) is 1.41. The molecular weight excluding hydrogens is 310 g/mol. The minimum absolute atomic E-state index is 0.0844. The summed E-state index contributed by atoms with van der Waals surface area (Å²) >= 11 is 3.42. The van der Waals surface area contributed by atoms with Crippen molar-refractivity contribution in [3.8, 4) is 0 Å². The topological polar surface area (TPSA) is 63.9 Å². The molecule has 0 aliphatic carbocycles. The molecule has 0 radical (unpaired) electrons. The van der Waals surface area contributed by atoms with Crippen LogP contribution in [-0.2, 0) is 0 Å². The summed E-state index contributed by atoms with van der Waals surface area (Å²) < 4.78 is 0.878. The first kappa shape index (κ1) is 16.6. The molecule has 0 bridgehead atoms. The summed E-state index contributed by atoms with van der Waals surface area (Å²) in [6.07, 6.45) is -0.609. The zero-order valence-electron chi connectivity index (χ0n) is 11.4. The highest BCUT2D eigenvalue weighted by atomic mass is 79.9. The van der Waals surface area contributed by atoms with Crippen LogP contribution in [0.25, 0.3) is 0 Å². The Morgan fingerprint density at radius 1 is 1.26 bits per heavy atom. The van der Waals surface area contributed by atoms with Gasteiger partial charge in [-0.2, -0.15) is 0 Å². The van der Waals surface area contributed by atoms with Gasteiger partial charge < -0.3 is 20.2 Å². The molecule has 1 rings (SSSR count). The van der Waals surface area contributed by atoms with Gasteiger partial charge in [-0.3, -0.25) is 0 Å². The highest BCUT2D eigenvalue weighted by molar-refractivity contribution is 9.10. The molecule has 1 atom stereocenters. The van der Waals surface area contributed by atoms with Gasteiger partial charge in [0, 0.05) is 23.0 Å². The molecule has 0 aromatic heterocycles. The van der Waals surface area contributed by atoms with Crippen molar-refractivity contribution in [2.45, 2.75) is 13.0 Å². The third kappa shape index (κ3) is 4.85. The second-order valence-corrected chi connectivity index (χ2v) is 6.22. The van der Waals surface area contributed by atoms with Crippen LogP contribution in [0.4, 0.5) is 0 Å². The van der Waals surface area contributed by atoms with Gasteiger partial charge in [-0.15, -0.1) is 0 Å². The lowest BCUT2D eigenvalue weighted by Gasteiger charge is -2.31. The molecule has 0 amide bonds. The number of halogens is 1. The first-order valence-electron chi connectivity index (χ1n) is 6.24. The van der Waals surface area contributed by atoms with Crippen molar-refractivity contribution in [1.82, 2.24) is 4.90 Å². The van der Waals surface area contributed by atoms with E-state index in [-0.39, 0.29) is 13.2 Å². The second-order valence-electron chi connectivity index (χ2n) is 5.36.